The molecule has 1 aromatic carbocycles. The zero-order valence-electron chi connectivity index (χ0n) is 11.1. The minimum atomic E-state index is -2.53. The number of rotatable bonds is 4. The fraction of sp³-hybridized carbons (Fsp3) is 0.231. The Balaban J connectivity index is 1.95. The summed E-state index contributed by atoms with van der Waals surface area (Å²) in [4.78, 5) is 11.7. The van der Waals surface area contributed by atoms with Gasteiger partial charge < -0.3 is 10.6 Å². The number of alkyl halides is 2. The predicted octanol–water partition coefficient (Wildman–Crippen LogP) is 3.24. The Morgan fingerprint density at radius 3 is 2.71 bits per heavy atom. The number of hydrogen-bond acceptors (Lipinski definition) is 2. The van der Waals surface area contributed by atoms with Crippen LogP contribution in [0, 0.1) is 12.7 Å². The number of carbonyl (C=O) groups excluding carboxylic acids is 1. The van der Waals surface area contributed by atoms with Crippen molar-refractivity contribution < 1.29 is 18.0 Å². The molecule has 2 amide bonds. The monoisotopic (exact) mass is 298 g/mol. The Hall–Kier alpha value is -2.51. The third-order valence-electron chi connectivity index (χ3n) is 2.65. The molecule has 21 heavy (non-hydrogen) atoms. The zero-order chi connectivity index (χ0) is 15.4. The summed E-state index contributed by atoms with van der Waals surface area (Å²) in [5.41, 5.74) is 1.02. The molecule has 0 saturated heterocycles. The smallest absolute Gasteiger partial charge is 0.308 e. The van der Waals surface area contributed by atoms with E-state index in [1.54, 1.807) is 13.0 Å². The molecule has 0 saturated carbocycles. The van der Waals surface area contributed by atoms with E-state index in [1.165, 1.54) is 24.5 Å². The zero-order valence-corrected chi connectivity index (χ0v) is 11.1. The highest BCUT2D eigenvalue weighted by Crippen LogP contribution is 2.14. The Morgan fingerprint density at radius 2 is 2.05 bits per heavy atom. The molecular weight excluding hydrogens is 285 g/mol. The minimum Gasteiger partial charge on any atom is -0.308 e. The van der Waals surface area contributed by atoms with Gasteiger partial charge in [-0.2, -0.15) is 5.10 Å². The molecule has 1 aromatic heterocycles. The van der Waals surface area contributed by atoms with E-state index in [2.05, 4.69) is 15.7 Å². The summed E-state index contributed by atoms with van der Waals surface area (Å²) in [5, 5.41) is 8.53. The molecule has 1 heterocycles. The predicted molar refractivity (Wildman–Crippen MR) is 72.0 cm³/mol. The number of hydrogen-bond donors (Lipinski definition) is 2. The van der Waals surface area contributed by atoms with Crippen molar-refractivity contribution in [3.63, 3.8) is 0 Å². The molecule has 5 nitrogen and oxygen atoms in total. The Kier molecular flexibility index (Phi) is 4.46. The van der Waals surface area contributed by atoms with Crippen LogP contribution in [0.4, 0.5) is 29.3 Å². The van der Waals surface area contributed by atoms with Crippen LogP contribution in [-0.4, -0.2) is 22.2 Å². The topological polar surface area (TPSA) is 59.0 Å². The van der Waals surface area contributed by atoms with Crippen LogP contribution in [0.5, 0.6) is 0 Å². The summed E-state index contributed by atoms with van der Waals surface area (Å²) in [6.45, 7) is 1.06. The van der Waals surface area contributed by atoms with E-state index in [9.17, 15) is 18.0 Å². The second-order valence-corrected chi connectivity index (χ2v) is 4.39. The highest BCUT2D eigenvalue weighted by molar-refractivity contribution is 5.99. The molecule has 0 aliphatic rings. The van der Waals surface area contributed by atoms with Crippen molar-refractivity contribution in [3.05, 3.63) is 42.0 Å². The van der Waals surface area contributed by atoms with Gasteiger partial charge in [0.2, 0.25) is 0 Å². The van der Waals surface area contributed by atoms with Crippen molar-refractivity contribution in [2.75, 3.05) is 10.6 Å². The molecule has 112 valence electrons. The number of benzene rings is 1. The molecule has 0 spiro atoms. The maximum atomic E-state index is 13.3. The fourth-order valence-electron chi connectivity index (χ4n) is 1.63. The first kappa shape index (κ1) is 14.9. The number of nitrogens with zero attached hydrogens (tertiary/aromatic N) is 2. The van der Waals surface area contributed by atoms with Crippen LogP contribution in [0.25, 0.3) is 0 Å². The molecule has 0 radical (unpaired) electrons. The van der Waals surface area contributed by atoms with Gasteiger partial charge in [-0.1, -0.05) is 6.07 Å². The quantitative estimate of drug-likeness (QED) is 0.910. The van der Waals surface area contributed by atoms with E-state index in [1.807, 2.05) is 0 Å². The molecule has 0 atom stereocenters. The summed E-state index contributed by atoms with van der Waals surface area (Å²) >= 11 is 0. The van der Waals surface area contributed by atoms with Crippen molar-refractivity contribution in [2.45, 2.75) is 19.9 Å². The second-order valence-electron chi connectivity index (χ2n) is 4.39. The third kappa shape index (κ3) is 4.23. The van der Waals surface area contributed by atoms with E-state index < -0.39 is 24.8 Å². The van der Waals surface area contributed by atoms with E-state index >= 15 is 0 Å². The largest absolute Gasteiger partial charge is 0.323 e. The van der Waals surface area contributed by atoms with Crippen molar-refractivity contribution in [3.8, 4) is 0 Å². The van der Waals surface area contributed by atoms with Gasteiger partial charge in [-0.05, 0) is 24.6 Å². The Labute approximate surface area is 118 Å². The van der Waals surface area contributed by atoms with Crippen molar-refractivity contribution in [1.29, 1.82) is 0 Å². The first-order chi connectivity index (χ1) is 9.94. The molecule has 0 fully saturated rings. The molecule has 0 bridgehead atoms. The van der Waals surface area contributed by atoms with Crippen molar-refractivity contribution >= 4 is 17.4 Å². The third-order valence-corrected chi connectivity index (χ3v) is 2.65. The van der Waals surface area contributed by atoms with E-state index in [0.717, 1.165) is 4.68 Å². The molecule has 2 N–H and O–H groups in total. The number of aromatic nitrogens is 2. The summed E-state index contributed by atoms with van der Waals surface area (Å²) in [6, 6.07) is 3.66. The number of carbonyl (C=O) groups is 1. The van der Waals surface area contributed by atoms with Crippen LogP contribution in [-0.2, 0) is 6.54 Å². The average Bonchev–Trinajstić information content (AvgIpc) is 2.80. The lowest BCUT2D eigenvalue weighted by Crippen LogP contribution is -2.19. The van der Waals surface area contributed by atoms with Gasteiger partial charge in [-0.25, -0.2) is 18.0 Å². The molecular formula is C13H13F3N4O. The van der Waals surface area contributed by atoms with Gasteiger partial charge in [0.25, 0.3) is 6.43 Å². The van der Waals surface area contributed by atoms with Gasteiger partial charge in [-0.3, -0.25) is 4.68 Å². The lowest BCUT2D eigenvalue weighted by Gasteiger charge is -2.06. The van der Waals surface area contributed by atoms with Crippen molar-refractivity contribution in [2.24, 2.45) is 0 Å². The molecule has 2 aromatic rings. The van der Waals surface area contributed by atoms with Gasteiger partial charge in [0.1, 0.15) is 12.4 Å². The van der Waals surface area contributed by atoms with E-state index in [0.29, 0.717) is 5.56 Å². The first-order valence-corrected chi connectivity index (χ1v) is 6.09. The van der Waals surface area contributed by atoms with Gasteiger partial charge in [0.15, 0.2) is 0 Å². The Morgan fingerprint density at radius 1 is 1.33 bits per heavy atom. The summed E-state index contributed by atoms with van der Waals surface area (Å²) in [6.07, 6.45) is 0.00111. The average molecular weight is 298 g/mol. The Bertz CT molecular complexity index is 642. The maximum Gasteiger partial charge on any atom is 0.323 e. The van der Waals surface area contributed by atoms with Crippen LogP contribution in [0.2, 0.25) is 0 Å². The lowest BCUT2D eigenvalue weighted by atomic mass is 10.2. The highest BCUT2D eigenvalue weighted by atomic mass is 19.3. The van der Waals surface area contributed by atoms with E-state index in [-0.39, 0.29) is 11.4 Å². The van der Waals surface area contributed by atoms with Crippen LogP contribution >= 0.6 is 0 Å². The molecule has 0 aliphatic heterocycles. The number of urea groups is 1. The SMILES string of the molecule is Cc1ccc(NC(=O)Nc2cnn(CC(F)F)c2)cc1F. The van der Waals surface area contributed by atoms with Crippen LogP contribution in [0.15, 0.2) is 30.6 Å². The van der Waals surface area contributed by atoms with Crippen LogP contribution < -0.4 is 10.6 Å². The van der Waals surface area contributed by atoms with Gasteiger partial charge >= 0.3 is 6.03 Å². The van der Waals surface area contributed by atoms with Gasteiger partial charge in [0.05, 0.1) is 11.9 Å². The maximum absolute atomic E-state index is 13.3. The number of aryl methyl sites for hydroxylation is 1. The second kappa shape index (κ2) is 6.29. The minimum absolute atomic E-state index is 0.265. The number of nitrogens with one attached hydrogen (secondary N) is 2. The number of halogens is 3. The van der Waals surface area contributed by atoms with Crippen LogP contribution in [0.1, 0.15) is 5.56 Å². The first-order valence-electron chi connectivity index (χ1n) is 6.09. The summed E-state index contributed by atoms with van der Waals surface area (Å²) in [7, 11) is 0. The molecule has 0 unspecified atom stereocenters. The van der Waals surface area contributed by atoms with Gasteiger partial charge in [-0.15, -0.1) is 0 Å². The highest BCUT2D eigenvalue weighted by Gasteiger charge is 2.08. The molecule has 2 rings (SSSR count). The normalized spacial score (nSPS) is 10.7. The number of amides is 2. The molecule has 0 aliphatic carbocycles. The summed E-state index contributed by atoms with van der Waals surface area (Å²) < 4.78 is 38.7. The lowest BCUT2D eigenvalue weighted by molar-refractivity contribution is 0.122. The van der Waals surface area contributed by atoms with Crippen LogP contribution in [0.3, 0.4) is 0 Å². The molecule has 8 heteroatoms. The van der Waals surface area contributed by atoms with Crippen molar-refractivity contribution in [1.82, 2.24) is 9.78 Å². The van der Waals surface area contributed by atoms with Gasteiger partial charge in [0, 0.05) is 11.9 Å². The summed E-state index contributed by atoms with van der Waals surface area (Å²) in [5.74, 6) is -0.433. The number of anilines is 2. The van der Waals surface area contributed by atoms with E-state index in [4.69, 9.17) is 0 Å². The standard InChI is InChI=1S/C13H13F3N4O/c1-8-2-3-9(4-11(8)14)18-13(21)19-10-5-17-20(6-10)7-12(15)16/h2-6,12H,7H2,1H3,(H2,18,19,21). The fourth-order valence-corrected chi connectivity index (χ4v) is 1.63.